The Hall–Kier alpha value is -9.45. The van der Waals surface area contributed by atoms with Crippen LogP contribution in [0, 0.1) is 29.1 Å². The van der Waals surface area contributed by atoms with Crippen molar-refractivity contribution in [3.05, 3.63) is 219 Å². The quantitative estimate of drug-likeness (QED) is 0.0431. The third-order valence-electron chi connectivity index (χ3n) is 20.9. The van der Waals surface area contributed by atoms with E-state index in [1.807, 2.05) is 42.6 Å². The van der Waals surface area contributed by atoms with Crippen molar-refractivity contribution in [2.45, 2.75) is 133 Å². The molecule has 0 radical (unpaired) electrons. The molecule has 6 N–H and O–H groups in total. The third kappa shape index (κ3) is 11.0. The first kappa shape index (κ1) is 60.1. The van der Waals surface area contributed by atoms with Gasteiger partial charge < -0.3 is 54.4 Å². The molecule has 7 aromatic rings. The number of nitrogens with zero attached hydrogens (tertiary/aromatic N) is 2. The molecule has 5 aliphatic carbocycles. The minimum Gasteiger partial charge on any atom is -0.508 e. The molecule has 0 fully saturated rings. The number of ketones is 2. The molecule has 5 aromatic carbocycles. The number of methoxy groups -OCH3 is 1. The average molecular weight is 1230 g/mol. The number of rotatable bonds is 10. The number of aromatic hydroxyl groups is 3. The molecule has 14 rings (SSSR count). The normalized spacial score (nSPS) is 25.6. The summed E-state index contributed by atoms with van der Waals surface area (Å²) in [6.45, 7) is 5.94. The van der Waals surface area contributed by atoms with Gasteiger partial charge in [0.05, 0.1) is 30.9 Å². The van der Waals surface area contributed by atoms with Crippen LogP contribution in [0.1, 0.15) is 165 Å². The minimum absolute atomic E-state index is 0.00181. The topological polar surface area (TPSA) is 196 Å². The molecule has 2 aromatic heterocycles. The molecule has 1 spiro atoms. The van der Waals surface area contributed by atoms with Crippen LogP contribution in [0.5, 0.6) is 34.5 Å². The zero-order valence-electron chi connectivity index (χ0n) is 52.5. The van der Waals surface area contributed by atoms with Gasteiger partial charge in [0.2, 0.25) is 5.75 Å². The number of Topliss-reactive ketones (excluding diaryl/α,β-unsaturated/α-hetero) is 2. The Morgan fingerprint density at radius 2 is 1.68 bits per heavy atom. The summed E-state index contributed by atoms with van der Waals surface area (Å²) < 4.78 is 21.1. The van der Waals surface area contributed by atoms with Crippen molar-refractivity contribution in [3.63, 3.8) is 0 Å². The number of hydrogen-bond donors (Lipinski definition) is 6. The predicted molar refractivity (Wildman–Crippen MR) is 354 cm³/mol. The van der Waals surface area contributed by atoms with Gasteiger partial charge in [-0.05, 0) is 162 Å². The first-order valence-corrected chi connectivity index (χ1v) is 32.6. The van der Waals surface area contributed by atoms with Crippen LogP contribution in [-0.2, 0) is 32.0 Å². The number of benzene rings is 5. The van der Waals surface area contributed by atoms with E-state index in [0.29, 0.717) is 56.5 Å². The number of aryl methyl sites for hydroxylation is 2. The maximum absolute atomic E-state index is 15.6. The standard InChI is InChI=1S/C78H78N4O10/c1-45-21-22-48-11-5-6-18-60(48)74(45)52-34-56(86)40-59(35-52)92-77-71(89)36-51(37-72(77)90-4)69-41-57(87)39-58(91-47(3)84)27-30-78-53-13-8-14-54(78)16-10-20-66(78)64-43-79-42-63(64)61(19-9-15-53)75(49-12-7-17-55(85)33-49)50-28-31-80-73(38-50)81(32-29-46(2)83)67-24-23-62-70(88)26-25-68-76(62)65(67)44-82(68)69/h5-8,10-14,17-18,20,23-24,28,33-38,40,42-45,54,58,61,66,69-70,74-75,79-80,85-86,88-89H,15-16,21-22,25-27,29-32,39,41H2,1-4H3/t45-,54-,58-,61-,66-,69-,70-,74+,75-,78-/m1/s1. The number of allylic oxidation sites excluding steroid dienone is 8. The van der Waals surface area contributed by atoms with Gasteiger partial charge in [-0.1, -0.05) is 103 Å². The number of esters is 1. The lowest BCUT2D eigenvalue weighted by Gasteiger charge is -2.50. The molecule has 0 saturated heterocycles. The molecule has 14 heteroatoms. The van der Waals surface area contributed by atoms with Crippen LogP contribution in [0.15, 0.2) is 169 Å². The largest absolute Gasteiger partial charge is 0.508 e. The van der Waals surface area contributed by atoms with Gasteiger partial charge in [0.1, 0.15) is 40.7 Å². The van der Waals surface area contributed by atoms with Crippen LogP contribution in [0.25, 0.3) is 10.8 Å². The number of aromatic amines is 1. The van der Waals surface area contributed by atoms with Crippen molar-refractivity contribution in [2.75, 3.05) is 25.1 Å². The molecule has 4 heterocycles. The van der Waals surface area contributed by atoms with E-state index in [-0.39, 0.29) is 83.2 Å². The van der Waals surface area contributed by atoms with E-state index in [9.17, 15) is 30.0 Å². The smallest absolute Gasteiger partial charge is 0.302 e. The van der Waals surface area contributed by atoms with Gasteiger partial charge in [0, 0.05) is 110 Å². The van der Waals surface area contributed by atoms with Crippen LogP contribution in [-0.4, -0.2) is 73.8 Å². The monoisotopic (exact) mass is 1230 g/mol. The minimum atomic E-state index is -0.805. The number of carbonyl (C=O) groups excluding carboxylic acids is 3. The van der Waals surface area contributed by atoms with E-state index in [0.717, 1.165) is 80.6 Å². The van der Waals surface area contributed by atoms with E-state index >= 15 is 4.79 Å². The van der Waals surface area contributed by atoms with Crippen molar-refractivity contribution in [1.29, 1.82) is 0 Å². The van der Waals surface area contributed by atoms with Crippen LogP contribution in [0.4, 0.5) is 5.69 Å². The highest BCUT2D eigenvalue weighted by Gasteiger charge is 2.51. The van der Waals surface area contributed by atoms with E-state index in [2.05, 4.69) is 118 Å². The van der Waals surface area contributed by atoms with Crippen LogP contribution in [0.2, 0.25) is 0 Å². The number of carbonyl (C=O) groups is 3. The van der Waals surface area contributed by atoms with Gasteiger partial charge in [-0.25, -0.2) is 0 Å². The van der Waals surface area contributed by atoms with Crippen LogP contribution in [0.3, 0.4) is 0 Å². The molecule has 470 valence electrons. The zero-order valence-corrected chi connectivity index (χ0v) is 52.5. The second kappa shape index (κ2) is 24.6. The number of aliphatic hydroxyl groups is 1. The SMILES string of the molecule is COc1cc([C@H]2CC(=O)C[C@H](OC(C)=O)CC[C@@]34C5=CC=C[C@@H]3CC=C[C@@H]4c3c[nH]cc3[C@@H](C#CC5)[C@H](c3cccc(O)c3)C3=CCNC(=C3)N(CCC(C)=O)c3ccc4c5c(n2cc35)CC[C@H]4O)cc(O)c1Oc1cc(O)cc([C@H]2c3ccccc3CC[C@H]2C)c1. The number of hydrogen-bond acceptors (Lipinski definition) is 12. The molecule has 7 aliphatic rings. The van der Waals surface area contributed by atoms with Gasteiger partial charge in [-0.15, -0.1) is 0 Å². The average Bonchev–Trinajstić information content (AvgIpc) is 1.40. The number of anilines is 1. The summed E-state index contributed by atoms with van der Waals surface area (Å²) in [6.07, 6.45) is 25.3. The highest BCUT2D eigenvalue weighted by atomic mass is 16.5. The molecule has 6 bridgehead atoms. The lowest BCUT2D eigenvalue weighted by atomic mass is 9.53. The number of H-pyrrole nitrogens is 1. The Balaban J connectivity index is 0.949. The lowest BCUT2D eigenvalue weighted by Crippen LogP contribution is -2.41. The first-order chi connectivity index (χ1) is 44.6. The van der Waals surface area contributed by atoms with Crippen LogP contribution >= 0.6 is 0 Å². The first-order valence-electron chi connectivity index (χ1n) is 32.6. The number of fused-ring (bicyclic) bond motifs is 4. The van der Waals surface area contributed by atoms with Gasteiger partial charge in [0.25, 0.3) is 0 Å². The Bertz CT molecular complexity index is 4340. The van der Waals surface area contributed by atoms with Crippen molar-refractivity contribution in [2.24, 2.45) is 17.3 Å². The Labute approximate surface area is 536 Å². The summed E-state index contributed by atoms with van der Waals surface area (Å²) in [6, 6.07) is 27.7. The summed E-state index contributed by atoms with van der Waals surface area (Å²) in [5, 5.41) is 52.3. The summed E-state index contributed by atoms with van der Waals surface area (Å²) in [5.74, 6) is 7.47. The molecule has 14 nitrogen and oxygen atoms in total. The predicted octanol–water partition coefficient (Wildman–Crippen LogP) is 14.5. The number of phenols is 3. The number of phenolic OH excluding ortho intramolecular Hbond substituents is 3. The molecule has 2 aliphatic heterocycles. The van der Waals surface area contributed by atoms with Gasteiger partial charge in [0.15, 0.2) is 11.5 Å². The highest BCUT2D eigenvalue weighted by Crippen LogP contribution is 2.61. The fourth-order valence-electron chi connectivity index (χ4n) is 16.7. The summed E-state index contributed by atoms with van der Waals surface area (Å²) in [5.41, 5.74) is 10.9. The lowest BCUT2D eigenvalue weighted by molar-refractivity contribution is -0.148. The molecule has 10 atom stereocenters. The van der Waals surface area contributed by atoms with Crippen molar-refractivity contribution in [3.8, 4) is 46.3 Å². The number of ether oxygens (including phenoxy) is 3. The van der Waals surface area contributed by atoms with E-state index < -0.39 is 41.5 Å². The van der Waals surface area contributed by atoms with Crippen molar-refractivity contribution < 1.29 is 49.0 Å². The molecular weight excluding hydrogens is 1150 g/mol. The number of aromatic nitrogens is 2. The summed E-state index contributed by atoms with van der Waals surface area (Å²) >= 11 is 0. The third-order valence-corrected chi connectivity index (χ3v) is 20.9. The molecule has 0 amide bonds. The molecule has 0 unspecified atom stereocenters. The van der Waals surface area contributed by atoms with Crippen molar-refractivity contribution in [1.82, 2.24) is 14.9 Å². The molecular formula is C78H78N4O10. The highest BCUT2D eigenvalue weighted by molar-refractivity contribution is 6.00. The van der Waals surface area contributed by atoms with E-state index in [4.69, 9.17) is 14.2 Å². The van der Waals surface area contributed by atoms with Gasteiger partial charge >= 0.3 is 5.97 Å². The maximum atomic E-state index is 15.6. The number of aliphatic hydroxyl groups excluding tert-OH is 1. The Morgan fingerprint density at radius 3 is 2.52 bits per heavy atom. The zero-order chi connectivity index (χ0) is 63.5. The Kier molecular flexibility index (Phi) is 16.1. The van der Waals surface area contributed by atoms with Crippen molar-refractivity contribution >= 4 is 34.0 Å². The van der Waals surface area contributed by atoms with E-state index in [1.165, 1.54) is 36.8 Å². The number of nitrogens with one attached hydrogen (secondary N) is 2. The van der Waals surface area contributed by atoms with E-state index in [1.54, 1.807) is 31.2 Å². The van der Waals surface area contributed by atoms with Gasteiger partial charge in [-0.3, -0.25) is 14.4 Å². The fraction of sp³-hybridized carbons (Fsp3) is 0.346. The summed E-state index contributed by atoms with van der Waals surface area (Å²) in [7, 11) is 1.50. The molecule has 92 heavy (non-hydrogen) atoms. The second-order valence-electron chi connectivity index (χ2n) is 26.4. The van der Waals surface area contributed by atoms with Gasteiger partial charge in [-0.2, -0.15) is 0 Å². The summed E-state index contributed by atoms with van der Waals surface area (Å²) in [4.78, 5) is 47.9. The second-order valence-corrected chi connectivity index (χ2v) is 26.4. The Morgan fingerprint density at radius 1 is 0.837 bits per heavy atom. The molecule has 0 saturated carbocycles. The number of dihydropyridines is 1. The fourth-order valence-corrected chi connectivity index (χ4v) is 16.7. The van der Waals surface area contributed by atoms with Crippen LogP contribution < -0.4 is 19.7 Å². The maximum Gasteiger partial charge on any atom is 0.302 e.